The molecule has 0 spiro atoms. The molecule has 19 heavy (non-hydrogen) atoms. The molecule has 0 unspecified atom stereocenters. The van der Waals surface area contributed by atoms with Crippen LogP contribution in [0.3, 0.4) is 0 Å². The molecular formula is C12H13ClN2O4. The number of hydrogen-bond acceptors (Lipinski definition) is 3. The maximum absolute atomic E-state index is 10.1. The molecule has 1 heterocycles. The number of halogens is 1. The lowest BCUT2D eigenvalue weighted by Gasteiger charge is -2.02. The number of hydrogen-bond donors (Lipinski definition) is 1. The van der Waals surface area contributed by atoms with E-state index in [0.29, 0.717) is 5.75 Å². The van der Waals surface area contributed by atoms with Gasteiger partial charge in [0.2, 0.25) is 6.33 Å². The van der Waals surface area contributed by atoms with E-state index >= 15 is 0 Å². The fourth-order valence-electron chi connectivity index (χ4n) is 1.54. The van der Waals surface area contributed by atoms with Crippen LogP contribution in [0.2, 0.25) is 0 Å². The topological polar surface area (TPSA) is 64.6 Å². The Bertz CT molecular complexity index is 539. The maximum Gasteiger partial charge on any atom is 0.547 e. The number of rotatable bonds is 4. The van der Waals surface area contributed by atoms with Gasteiger partial charge in [-0.1, -0.05) is 12.1 Å². The molecule has 0 aliphatic rings. The summed E-state index contributed by atoms with van der Waals surface area (Å²) in [5, 5.41) is 8.27. The van der Waals surface area contributed by atoms with Gasteiger partial charge in [-0.25, -0.2) is 18.8 Å². The van der Waals surface area contributed by atoms with Crippen LogP contribution >= 0.6 is 0 Å². The standard InChI is InChI=1S/C12H12N2O4.ClH/c1-13-6-7-14(9-13)8-10-2-4-11(5-3-10)17-18-12(15)16;/h2-7,9H,8H2,1H3;1H. The molecule has 0 aliphatic carbocycles. The largest absolute Gasteiger partial charge is 1.00 e. The number of aromatic nitrogens is 2. The highest BCUT2D eigenvalue weighted by Gasteiger charge is 2.04. The molecule has 0 fully saturated rings. The first-order valence-electron chi connectivity index (χ1n) is 5.31. The second-order valence-corrected chi connectivity index (χ2v) is 3.83. The highest BCUT2D eigenvalue weighted by molar-refractivity contribution is 5.56. The molecule has 0 bridgehead atoms. The fourth-order valence-corrected chi connectivity index (χ4v) is 1.54. The maximum atomic E-state index is 10.1. The van der Waals surface area contributed by atoms with Gasteiger partial charge in [0.05, 0.1) is 7.05 Å². The van der Waals surface area contributed by atoms with Gasteiger partial charge >= 0.3 is 6.16 Å². The Kier molecular flexibility index (Phi) is 5.20. The average molecular weight is 285 g/mol. The molecule has 0 saturated heterocycles. The Morgan fingerprint density at radius 2 is 2.05 bits per heavy atom. The molecule has 1 aromatic carbocycles. The first kappa shape index (κ1) is 14.8. The highest BCUT2D eigenvalue weighted by atomic mass is 35.5. The fraction of sp³-hybridized carbons (Fsp3) is 0.167. The van der Waals surface area contributed by atoms with Gasteiger partial charge in [-0.2, -0.15) is 0 Å². The predicted octanol–water partition coefficient (Wildman–Crippen LogP) is -1.65. The second-order valence-electron chi connectivity index (χ2n) is 3.83. The first-order chi connectivity index (χ1) is 8.63. The van der Waals surface area contributed by atoms with E-state index in [2.05, 4.69) is 9.78 Å². The van der Waals surface area contributed by atoms with Gasteiger partial charge in [-0.05, 0) is 17.7 Å². The van der Waals surface area contributed by atoms with Crippen molar-refractivity contribution in [1.29, 1.82) is 0 Å². The minimum atomic E-state index is -1.47. The van der Waals surface area contributed by atoms with Crippen molar-refractivity contribution in [3.63, 3.8) is 0 Å². The smallest absolute Gasteiger partial charge is 0.547 e. The van der Waals surface area contributed by atoms with Crippen molar-refractivity contribution in [2.24, 2.45) is 7.05 Å². The summed E-state index contributed by atoms with van der Waals surface area (Å²) < 4.78 is 3.99. The SMILES string of the molecule is Cn1cc[n+](Cc2ccc(OOC(=O)O)cc2)c1.[Cl-]. The summed E-state index contributed by atoms with van der Waals surface area (Å²) in [4.78, 5) is 18.7. The van der Waals surface area contributed by atoms with Crippen LogP contribution < -0.4 is 21.9 Å². The lowest BCUT2D eigenvalue weighted by Crippen LogP contribution is -3.00. The van der Waals surface area contributed by atoms with Gasteiger partial charge in [0.15, 0.2) is 5.75 Å². The van der Waals surface area contributed by atoms with Crippen molar-refractivity contribution in [3.05, 3.63) is 48.5 Å². The summed E-state index contributed by atoms with van der Waals surface area (Å²) in [7, 11) is 1.96. The number of nitrogens with zero attached hydrogens (tertiary/aromatic N) is 2. The summed E-state index contributed by atoms with van der Waals surface area (Å²) in [6.07, 6.45) is 4.42. The van der Waals surface area contributed by atoms with E-state index in [1.54, 1.807) is 12.1 Å². The van der Waals surface area contributed by atoms with Gasteiger partial charge in [0.1, 0.15) is 18.9 Å². The monoisotopic (exact) mass is 284 g/mol. The summed E-state index contributed by atoms with van der Waals surface area (Å²) in [5.41, 5.74) is 1.08. The number of carboxylic acid groups (broad SMARTS) is 1. The van der Waals surface area contributed by atoms with Crippen LogP contribution in [0.4, 0.5) is 4.79 Å². The van der Waals surface area contributed by atoms with Crippen LogP contribution in [0.25, 0.3) is 0 Å². The molecule has 2 rings (SSSR count). The molecule has 1 N–H and O–H groups in total. The summed E-state index contributed by atoms with van der Waals surface area (Å²) in [6, 6.07) is 7.00. The zero-order chi connectivity index (χ0) is 13.0. The van der Waals surface area contributed by atoms with Gasteiger partial charge in [0, 0.05) is 0 Å². The predicted molar refractivity (Wildman–Crippen MR) is 60.9 cm³/mol. The normalized spacial score (nSPS) is 9.53. The summed E-state index contributed by atoms with van der Waals surface area (Å²) in [5.74, 6) is 0.346. The Hall–Kier alpha value is -2.21. The van der Waals surface area contributed by atoms with Crippen molar-refractivity contribution >= 4 is 6.16 Å². The lowest BCUT2D eigenvalue weighted by atomic mass is 10.2. The first-order valence-corrected chi connectivity index (χ1v) is 5.31. The van der Waals surface area contributed by atoms with Crippen LogP contribution in [-0.4, -0.2) is 15.8 Å². The molecule has 0 radical (unpaired) electrons. The molecule has 0 amide bonds. The van der Waals surface area contributed by atoms with Crippen LogP contribution in [0, 0.1) is 0 Å². The minimum Gasteiger partial charge on any atom is -1.00 e. The quantitative estimate of drug-likeness (QED) is 0.415. The van der Waals surface area contributed by atoms with E-state index in [1.807, 2.05) is 47.0 Å². The van der Waals surface area contributed by atoms with Crippen molar-refractivity contribution in [1.82, 2.24) is 4.57 Å². The van der Waals surface area contributed by atoms with Crippen molar-refractivity contribution in [2.75, 3.05) is 0 Å². The molecule has 6 nitrogen and oxygen atoms in total. The Balaban J connectivity index is 0.00000180. The van der Waals surface area contributed by atoms with E-state index in [4.69, 9.17) is 5.11 Å². The van der Waals surface area contributed by atoms with Crippen LogP contribution in [0.5, 0.6) is 5.75 Å². The van der Waals surface area contributed by atoms with E-state index in [0.717, 1.165) is 12.1 Å². The zero-order valence-corrected chi connectivity index (χ0v) is 10.9. The minimum absolute atomic E-state index is 0. The third-order valence-corrected chi connectivity index (χ3v) is 2.32. The van der Waals surface area contributed by atoms with Crippen molar-refractivity contribution in [2.45, 2.75) is 6.54 Å². The van der Waals surface area contributed by atoms with Crippen molar-refractivity contribution < 1.29 is 36.7 Å². The molecule has 1 aromatic heterocycles. The summed E-state index contributed by atoms with van der Waals surface area (Å²) >= 11 is 0. The van der Waals surface area contributed by atoms with Crippen LogP contribution in [0.1, 0.15) is 5.56 Å². The summed E-state index contributed by atoms with van der Waals surface area (Å²) in [6.45, 7) is 0.737. The Morgan fingerprint density at radius 1 is 1.37 bits per heavy atom. The lowest BCUT2D eigenvalue weighted by molar-refractivity contribution is -0.687. The number of carbonyl (C=O) groups is 1. The highest BCUT2D eigenvalue weighted by Crippen LogP contribution is 2.12. The molecule has 2 aromatic rings. The van der Waals surface area contributed by atoms with Crippen molar-refractivity contribution in [3.8, 4) is 5.75 Å². The Morgan fingerprint density at radius 3 is 2.58 bits per heavy atom. The van der Waals surface area contributed by atoms with E-state index < -0.39 is 6.16 Å². The molecule has 0 aliphatic heterocycles. The van der Waals surface area contributed by atoms with E-state index in [-0.39, 0.29) is 12.4 Å². The van der Waals surface area contributed by atoms with Crippen LogP contribution in [0.15, 0.2) is 43.0 Å². The molecule has 102 valence electrons. The number of benzene rings is 1. The zero-order valence-electron chi connectivity index (χ0n) is 10.2. The van der Waals surface area contributed by atoms with E-state index in [9.17, 15) is 4.79 Å². The molecular weight excluding hydrogens is 272 g/mol. The third kappa shape index (κ3) is 4.51. The second kappa shape index (κ2) is 6.65. The van der Waals surface area contributed by atoms with Gasteiger partial charge in [-0.15, -0.1) is 0 Å². The molecule has 0 atom stereocenters. The average Bonchev–Trinajstić information content (AvgIpc) is 2.74. The number of aryl methyl sites for hydroxylation is 1. The Labute approximate surface area is 116 Å². The molecule has 7 heteroatoms. The molecule has 0 saturated carbocycles. The van der Waals surface area contributed by atoms with Gasteiger partial charge < -0.3 is 17.5 Å². The number of imidazole rings is 1. The van der Waals surface area contributed by atoms with Crippen LogP contribution in [-0.2, 0) is 18.5 Å². The van der Waals surface area contributed by atoms with Gasteiger partial charge in [-0.3, -0.25) is 4.89 Å². The third-order valence-electron chi connectivity index (χ3n) is 2.32. The van der Waals surface area contributed by atoms with Gasteiger partial charge in [0.25, 0.3) is 0 Å². The van der Waals surface area contributed by atoms with E-state index in [1.165, 1.54) is 0 Å².